The normalized spacial score (nSPS) is 16.4. The zero-order valence-electron chi connectivity index (χ0n) is 16.4. The topological polar surface area (TPSA) is 61.6 Å². The monoisotopic (exact) mass is 374 g/mol. The maximum atomic E-state index is 14.0. The Balaban J connectivity index is 1.79. The molecule has 2 heterocycles. The Morgan fingerprint density at radius 1 is 1.30 bits per heavy atom. The quantitative estimate of drug-likeness (QED) is 0.872. The average Bonchev–Trinajstić information content (AvgIpc) is 3.00. The van der Waals surface area contributed by atoms with Crippen molar-refractivity contribution in [1.82, 2.24) is 15.2 Å². The maximum absolute atomic E-state index is 14.0. The Bertz CT molecular complexity index is 812. The number of halogens is 1. The Morgan fingerprint density at radius 2 is 2.00 bits per heavy atom. The largest absolute Gasteiger partial charge is 0.436 e. The molecule has 1 atom stereocenters. The first-order valence-corrected chi connectivity index (χ1v) is 9.40. The number of aromatic nitrogens is 1. The van der Waals surface area contributed by atoms with Gasteiger partial charge in [-0.25, -0.2) is 9.37 Å². The van der Waals surface area contributed by atoms with Crippen molar-refractivity contribution in [3.8, 4) is 0 Å². The number of likely N-dealkylation sites (N-methyl/N-ethyl adjacent to an activating group) is 1. The number of oxazole rings is 1. The van der Waals surface area contributed by atoms with Gasteiger partial charge in [0.15, 0.2) is 5.89 Å². The minimum atomic E-state index is -0.364. The van der Waals surface area contributed by atoms with Crippen LogP contribution in [-0.4, -0.2) is 48.5 Å². The smallest absolute Gasteiger partial charge is 0.289 e. The zero-order valence-corrected chi connectivity index (χ0v) is 16.4. The molecule has 27 heavy (non-hydrogen) atoms. The van der Waals surface area contributed by atoms with Crippen LogP contribution in [0.1, 0.15) is 47.6 Å². The van der Waals surface area contributed by atoms with Crippen LogP contribution in [0.4, 0.5) is 10.1 Å². The fraction of sp³-hybridized carbons (Fsp3) is 0.500. The maximum Gasteiger partial charge on any atom is 0.289 e. The molecule has 0 aliphatic carbocycles. The van der Waals surface area contributed by atoms with Crippen molar-refractivity contribution in [3.63, 3.8) is 0 Å². The molecule has 0 radical (unpaired) electrons. The van der Waals surface area contributed by atoms with Gasteiger partial charge in [-0.15, -0.1) is 0 Å². The van der Waals surface area contributed by atoms with Gasteiger partial charge < -0.3 is 19.5 Å². The van der Waals surface area contributed by atoms with E-state index in [1.54, 1.807) is 19.9 Å². The molecule has 1 aromatic heterocycles. The van der Waals surface area contributed by atoms with E-state index >= 15 is 0 Å². The van der Waals surface area contributed by atoms with Gasteiger partial charge in [0, 0.05) is 44.4 Å². The summed E-state index contributed by atoms with van der Waals surface area (Å²) in [5, 5.41) is 2.92. The average molecular weight is 374 g/mol. The number of nitrogens with zero attached hydrogens (tertiary/aromatic N) is 3. The third-order valence-corrected chi connectivity index (χ3v) is 5.07. The highest BCUT2D eigenvalue weighted by molar-refractivity contribution is 5.92. The van der Waals surface area contributed by atoms with Crippen molar-refractivity contribution >= 4 is 11.6 Å². The molecule has 7 heteroatoms. The summed E-state index contributed by atoms with van der Waals surface area (Å²) in [7, 11) is 0. The van der Waals surface area contributed by atoms with Crippen LogP contribution in [0.5, 0.6) is 0 Å². The van der Waals surface area contributed by atoms with Crippen molar-refractivity contribution < 1.29 is 13.6 Å². The molecule has 1 aliphatic rings. The lowest BCUT2D eigenvalue weighted by Gasteiger charge is -2.37. The number of hydrogen-bond donors (Lipinski definition) is 1. The van der Waals surface area contributed by atoms with Crippen LogP contribution < -0.4 is 10.2 Å². The molecular weight excluding hydrogens is 347 g/mol. The van der Waals surface area contributed by atoms with Gasteiger partial charge in [0.2, 0.25) is 5.76 Å². The first-order valence-electron chi connectivity index (χ1n) is 9.40. The predicted molar refractivity (Wildman–Crippen MR) is 103 cm³/mol. The van der Waals surface area contributed by atoms with Crippen molar-refractivity contribution in [2.75, 3.05) is 37.6 Å². The minimum absolute atomic E-state index is 0.203. The highest BCUT2D eigenvalue weighted by atomic mass is 19.1. The fourth-order valence-electron chi connectivity index (χ4n) is 3.55. The summed E-state index contributed by atoms with van der Waals surface area (Å²) in [5.74, 6) is -0.000229. The second-order valence-electron chi connectivity index (χ2n) is 6.97. The molecule has 3 rings (SSSR count). The third kappa shape index (κ3) is 4.30. The molecule has 2 aromatic rings. The zero-order chi connectivity index (χ0) is 19.6. The number of anilines is 1. The highest BCUT2D eigenvalue weighted by Gasteiger charge is 2.23. The number of carbonyl (C=O) groups is 1. The van der Waals surface area contributed by atoms with Crippen molar-refractivity contribution in [1.29, 1.82) is 0 Å². The van der Waals surface area contributed by atoms with Crippen LogP contribution >= 0.6 is 0 Å². The van der Waals surface area contributed by atoms with Crippen LogP contribution in [0.15, 0.2) is 22.6 Å². The van der Waals surface area contributed by atoms with Gasteiger partial charge in [0.1, 0.15) is 5.82 Å². The Labute approximate surface area is 159 Å². The molecule has 0 spiro atoms. The number of piperazine rings is 1. The molecule has 6 nitrogen and oxygen atoms in total. The standard InChI is InChI=1S/C20H27FN4O2/c1-5-24-8-10-25(11-9-24)18-7-6-16(21)12-17(18)13(2)23-20(26)19-14(3)22-15(4)27-19/h6-7,12-13H,5,8-11H2,1-4H3,(H,23,26). The lowest BCUT2D eigenvalue weighted by Crippen LogP contribution is -2.46. The summed E-state index contributed by atoms with van der Waals surface area (Å²) in [6, 6.07) is 4.42. The molecule has 1 unspecified atom stereocenters. The summed E-state index contributed by atoms with van der Waals surface area (Å²) in [6.07, 6.45) is 0. The Morgan fingerprint density at radius 3 is 2.59 bits per heavy atom. The minimum Gasteiger partial charge on any atom is -0.436 e. The van der Waals surface area contributed by atoms with E-state index in [0.717, 1.165) is 44.0 Å². The summed E-state index contributed by atoms with van der Waals surface area (Å²) < 4.78 is 19.3. The Kier molecular flexibility index (Phi) is 5.79. The van der Waals surface area contributed by atoms with Crippen LogP contribution in [0.2, 0.25) is 0 Å². The van der Waals surface area contributed by atoms with Gasteiger partial charge in [-0.3, -0.25) is 4.79 Å². The van der Waals surface area contributed by atoms with E-state index in [9.17, 15) is 9.18 Å². The number of rotatable bonds is 5. The number of benzene rings is 1. The number of hydrogen-bond acceptors (Lipinski definition) is 5. The Hall–Kier alpha value is -2.41. The number of carbonyl (C=O) groups excluding carboxylic acids is 1. The van der Waals surface area contributed by atoms with Crippen LogP contribution in [0, 0.1) is 19.7 Å². The predicted octanol–water partition coefficient (Wildman–Crippen LogP) is 3.06. The summed E-state index contributed by atoms with van der Waals surface area (Å²) in [6.45, 7) is 12.2. The van der Waals surface area contributed by atoms with Crippen LogP contribution in [0.25, 0.3) is 0 Å². The SMILES string of the molecule is CCN1CCN(c2ccc(F)cc2C(C)NC(=O)c2oc(C)nc2C)CC1. The van der Waals surface area contributed by atoms with Crippen LogP contribution in [-0.2, 0) is 0 Å². The van der Waals surface area contributed by atoms with E-state index < -0.39 is 0 Å². The summed E-state index contributed by atoms with van der Waals surface area (Å²) in [4.78, 5) is 21.3. The van der Waals surface area contributed by atoms with Gasteiger partial charge in [-0.2, -0.15) is 0 Å². The van der Waals surface area contributed by atoms with Crippen molar-refractivity contribution in [2.45, 2.75) is 33.7 Å². The van der Waals surface area contributed by atoms with Gasteiger partial charge >= 0.3 is 0 Å². The van der Waals surface area contributed by atoms with Crippen LogP contribution in [0.3, 0.4) is 0 Å². The molecule has 0 bridgehead atoms. The summed E-state index contributed by atoms with van der Waals surface area (Å²) in [5.41, 5.74) is 2.28. The second-order valence-corrected chi connectivity index (χ2v) is 6.97. The molecule has 0 saturated carbocycles. The summed E-state index contributed by atoms with van der Waals surface area (Å²) >= 11 is 0. The number of aryl methyl sites for hydroxylation is 2. The van der Waals surface area contributed by atoms with E-state index in [0.29, 0.717) is 11.6 Å². The van der Waals surface area contributed by atoms with Gasteiger partial charge in [0.05, 0.1) is 11.7 Å². The third-order valence-electron chi connectivity index (χ3n) is 5.07. The molecule has 1 N–H and O–H groups in total. The molecule has 1 fully saturated rings. The molecule has 1 aliphatic heterocycles. The van der Waals surface area contributed by atoms with E-state index in [2.05, 4.69) is 27.0 Å². The van der Waals surface area contributed by atoms with Gasteiger partial charge in [-0.05, 0) is 38.6 Å². The van der Waals surface area contributed by atoms with Gasteiger partial charge in [-0.1, -0.05) is 6.92 Å². The fourth-order valence-corrected chi connectivity index (χ4v) is 3.55. The lowest BCUT2D eigenvalue weighted by atomic mass is 10.0. The van der Waals surface area contributed by atoms with Gasteiger partial charge in [0.25, 0.3) is 5.91 Å². The molecule has 1 saturated heterocycles. The first-order chi connectivity index (χ1) is 12.9. The van der Waals surface area contributed by atoms with E-state index in [1.807, 2.05) is 6.92 Å². The second kappa shape index (κ2) is 8.08. The molecule has 146 valence electrons. The van der Waals surface area contributed by atoms with Crippen molar-refractivity contribution in [2.24, 2.45) is 0 Å². The number of amides is 1. The lowest BCUT2D eigenvalue weighted by molar-refractivity contribution is 0.0909. The molecule has 1 amide bonds. The number of nitrogens with one attached hydrogen (secondary N) is 1. The van der Waals surface area contributed by atoms with Crippen molar-refractivity contribution in [3.05, 3.63) is 46.9 Å². The highest BCUT2D eigenvalue weighted by Crippen LogP contribution is 2.29. The first kappa shape index (κ1) is 19.4. The molecule has 1 aromatic carbocycles. The van der Waals surface area contributed by atoms with E-state index in [-0.39, 0.29) is 23.5 Å². The van der Waals surface area contributed by atoms with E-state index in [4.69, 9.17) is 4.42 Å². The molecular formula is C20H27FN4O2. The van der Waals surface area contributed by atoms with E-state index in [1.165, 1.54) is 12.1 Å².